The van der Waals surface area contributed by atoms with Gasteiger partial charge in [0.05, 0.1) is 22.7 Å². The SMILES string of the molecule is COc1cccc(F)c1C(C)(O)Cc1ccc(F)c(Br)c1. The lowest BCUT2D eigenvalue weighted by atomic mass is 9.88. The second-order valence-corrected chi connectivity index (χ2v) is 5.87. The second-order valence-electron chi connectivity index (χ2n) is 5.02. The average molecular weight is 357 g/mol. The molecule has 112 valence electrons. The second kappa shape index (κ2) is 6.12. The van der Waals surface area contributed by atoms with Crippen LogP contribution in [0.4, 0.5) is 8.78 Å². The quantitative estimate of drug-likeness (QED) is 0.889. The molecule has 1 atom stereocenters. The number of benzene rings is 2. The van der Waals surface area contributed by atoms with Gasteiger partial charge in [0.2, 0.25) is 0 Å². The first-order valence-corrected chi connectivity index (χ1v) is 7.14. The van der Waals surface area contributed by atoms with Crippen LogP contribution in [0.3, 0.4) is 0 Å². The smallest absolute Gasteiger partial charge is 0.137 e. The summed E-state index contributed by atoms with van der Waals surface area (Å²) >= 11 is 3.10. The zero-order valence-electron chi connectivity index (χ0n) is 11.7. The summed E-state index contributed by atoms with van der Waals surface area (Å²) in [6.45, 7) is 1.51. The summed E-state index contributed by atoms with van der Waals surface area (Å²) in [4.78, 5) is 0. The first-order valence-electron chi connectivity index (χ1n) is 6.34. The summed E-state index contributed by atoms with van der Waals surface area (Å²) in [5.41, 5.74) is -0.708. The van der Waals surface area contributed by atoms with Crippen molar-refractivity contribution in [3.63, 3.8) is 0 Å². The van der Waals surface area contributed by atoms with Crippen LogP contribution in [-0.4, -0.2) is 12.2 Å². The lowest BCUT2D eigenvalue weighted by Crippen LogP contribution is -2.26. The van der Waals surface area contributed by atoms with Crippen LogP contribution >= 0.6 is 15.9 Å². The van der Waals surface area contributed by atoms with Crippen LogP contribution in [0.15, 0.2) is 40.9 Å². The van der Waals surface area contributed by atoms with Gasteiger partial charge in [0.25, 0.3) is 0 Å². The minimum Gasteiger partial charge on any atom is -0.496 e. The Morgan fingerprint density at radius 2 is 1.90 bits per heavy atom. The Kier molecular flexibility index (Phi) is 4.64. The normalized spacial score (nSPS) is 13.8. The van der Waals surface area contributed by atoms with E-state index in [0.717, 1.165) is 0 Å². The van der Waals surface area contributed by atoms with Crippen molar-refractivity contribution in [3.05, 3.63) is 63.6 Å². The van der Waals surface area contributed by atoms with Crippen LogP contribution in [0.25, 0.3) is 0 Å². The molecule has 0 bridgehead atoms. The summed E-state index contributed by atoms with van der Waals surface area (Å²) in [6.07, 6.45) is 0.128. The molecule has 0 spiro atoms. The summed E-state index contributed by atoms with van der Waals surface area (Å²) in [5, 5.41) is 10.7. The Bertz CT molecular complexity index is 657. The van der Waals surface area contributed by atoms with Gasteiger partial charge in [-0.1, -0.05) is 12.1 Å². The molecule has 0 amide bonds. The van der Waals surface area contributed by atoms with Crippen LogP contribution in [0.5, 0.6) is 5.75 Å². The van der Waals surface area contributed by atoms with E-state index in [1.165, 1.54) is 32.2 Å². The highest BCUT2D eigenvalue weighted by Crippen LogP contribution is 2.35. The Morgan fingerprint density at radius 3 is 2.52 bits per heavy atom. The van der Waals surface area contributed by atoms with E-state index in [9.17, 15) is 13.9 Å². The van der Waals surface area contributed by atoms with Gasteiger partial charge in [0.15, 0.2) is 0 Å². The van der Waals surface area contributed by atoms with E-state index in [0.29, 0.717) is 10.0 Å². The van der Waals surface area contributed by atoms with E-state index < -0.39 is 11.4 Å². The molecule has 0 saturated heterocycles. The molecular weight excluding hydrogens is 342 g/mol. The van der Waals surface area contributed by atoms with Crippen molar-refractivity contribution in [2.24, 2.45) is 0 Å². The summed E-state index contributed by atoms with van der Waals surface area (Å²) in [5.74, 6) is -0.649. The highest BCUT2D eigenvalue weighted by atomic mass is 79.9. The van der Waals surface area contributed by atoms with Gasteiger partial charge in [-0.2, -0.15) is 0 Å². The largest absolute Gasteiger partial charge is 0.496 e. The number of hydrogen-bond acceptors (Lipinski definition) is 2. The van der Waals surface area contributed by atoms with Crippen LogP contribution < -0.4 is 4.74 Å². The highest BCUT2D eigenvalue weighted by Gasteiger charge is 2.30. The molecule has 0 fully saturated rings. The van der Waals surface area contributed by atoms with Gasteiger partial charge in [-0.05, 0) is 52.7 Å². The molecule has 2 aromatic rings. The van der Waals surface area contributed by atoms with Crippen molar-refractivity contribution >= 4 is 15.9 Å². The summed E-state index contributed by atoms with van der Waals surface area (Å²) in [7, 11) is 1.42. The highest BCUT2D eigenvalue weighted by molar-refractivity contribution is 9.10. The molecule has 0 aliphatic carbocycles. The fourth-order valence-electron chi connectivity index (χ4n) is 2.33. The average Bonchev–Trinajstić information content (AvgIpc) is 2.42. The number of halogens is 3. The molecule has 0 aliphatic heterocycles. The molecule has 0 saturated carbocycles. The third-order valence-corrected chi connectivity index (χ3v) is 3.87. The molecule has 21 heavy (non-hydrogen) atoms. The van der Waals surface area contributed by atoms with Gasteiger partial charge in [0, 0.05) is 6.42 Å². The Hall–Kier alpha value is -1.46. The maximum absolute atomic E-state index is 14.1. The molecule has 2 nitrogen and oxygen atoms in total. The van der Waals surface area contributed by atoms with Gasteiger partial charge in [-0.25, -0.2) is 8.78 Å². The molecule has 2 aromatic carbocycles. The van der Waals surface area contributed by atoms with Crippen molar-refractivity contribution in [3.8, 4) is 5.75 Å². The third kappa shape index (κ3) is 3.41. The van der Waals surface area contributed by atoms with E-state index in [-0.39, 0.29) is 23.6 Å². The lowest BCUT2D eigenvalue weighted by Gasteiger charge is -2.26. The minimum absolute atomic E-state index is 0.0907. The van der Waals surface area contributed by atoms with Crippen LogP contribution in [0.2, 0.25) is 0 Å². The molecule has 0 aliphatic rings. The van der Waals surface area contributed by atoms with Crippen molar-refractivity contribution < 1.29 is 18.6 Å². The number of ether oxygens (including phenoxy) is 1. The number of aliphatic hydroxyl groups is 1. The van der Waals surface area contributed by atoms with Gasteiger partial charge >= 0.3 is 0 Å². The Morgan fingerprint density at radius 1 is 1.19 bits per heavy atom. The summed E-state index contributed by atoms with van der Waals surface area (Å²) < 4.78 is 32.7. The number of hydrogen-bond donors (Lipinski definition) is 1. The number of methoxy groups -OCH3 is 1. The molecule has 0 radical (unpaired) electrons. The van der Waals surface area contributed by atoms with Gasteiger partial charge < -0.3 is 9.84 Å². The predicted octanol–water partition coefficient (Wildman–Crippen LogP) is 4.19. The van der Waals surface area contributed by atoms with Crippen molar-refractivity contribution in [1.82, 2.24) is 0 Å². The van der Waals surface area contributed by atoms with Crippen LogP contribution in [0.1, 0.15) is 18.1 Å². The molecule has 5 heteroatoms. The standard InChI is InChI=1S/C16H15BrF2O2/c1-16(20,9-10-6-7-12(18)11(17)8-10)15-13(19)4-3-5-14(15)21-2/h3-8,20H,9H2,1-2H3. The van der Waals surface area contributed by atoms with Crippen molar-refractivity contribution in [1.29, 1.82) is 0 Å². The van der Waals surface area contributed by atoms with Crippen molar-refractivity contribution in [2.45, 2.75) is 18.9 Å². The monoisotopic (exact) mass is 356 g/mol. The Labute approximate surface area is 130 Å². The fourth-order valence-corrected chi connectivity index (χ4v) is 2.76. The Balaban J connectivity index is 2.40. The molecule has 1 N–H and O–H groups in total. The first kappa shape index (κ1) is 15.9. The zero-order valence-corrected chi connectivity index (χ0v) is 13.2. The maximum Gasteiger partial charge on any atom is 0.137 e. The maximum atomic E-state index is 14.1. The molecular formula is C16H15BrF2O2. The van der Waals surface area contributed by atoms with Crippen LogP contribution in [-0.2, 0) is 12.0 Å². The third-order valence-electron chi connectivity index (χ3n) is 3.27. The van der Waals surface area contributed by atoms with E-state index in [4.69, 9.17) is 4.74 Å². The van der Waals surface area contributed by atoms with Gasteiger partial charge in [0.1, 0.15) is 17.4 Å². The van der Waals surface area contributed by atoms with E-state index >= 15 is 0 Å². The van der Waals surface area contributed by atoms with E-state index in [2.05, 4.69) is 15.9 Å². The first-order chi connectivity index (χ1) is 9.85. The summed E-state index contributed by atoms with van der Waals surface area (Å²) in [6, 6.07) is 8.80. The topological polar surface area (TPSA) is 29.5 Å². The van der Waals surface area contributed by atoms with E-state index in [1.807, 2.05) is 0 Å². The molecule has 1 unspecified atom stereocenters. The molecule has 2 rings (SSSR count). The fraction of sp³-hybridized carbons (Fsp3) is 0.250. The van der Waals surface area contributed by atoms with Gasteiger partial charge in [-0.3, -0.25) is 0 Å². The van der Waals surface area contributed by atoms with Gasteiger partial charge in [-0.15, -0.1) is 0 Å². The number of rotatable bonds is 4. The zero-order chi connectivity index (χ0) is 15.6. The van der Waals surface area contributed by atoms with E-state index in [1.54, 1.807) is 18.2 Å². The minimum atomic E-state index is -1.48. The van der Waals surface area contributed by atoms with Crippen LogP contribution in [0, 0.1) is 11.6 Å². The lowest BCUT2D eigenvalue weighted by molar-refractivity contribution is 0.0509. The molecule has 0 aromatic heterocycles. The predicted molar refractivity (Wildman–Crippen MR) is 80.3 cm³/mol. The molecule has 0 heterocycles. The van der Waals surface area contributed by atoms with Crippen molar-refractivity contribution in [2.75, 3.05) is 7.11 Å².